The first-order valence-corrected chi connectivity index (χ1v) is 11.0. The van der Waals surface area contributed by atoms with E-state index in [0.29, 0.717) is 13.0 Å². The summed E-state index contributed by atoms with van der Waals surface area (Å²) in [6.45, 7) is 4.23. The molecular formula is C24H29N5O2. The molecule has 3 heterocycles. The largest absolute Gasteiger partial charge is 0.343 e. The number of carbonyl (C=O) groups is 2. The molecular weight excluding hydrogens is 390 g/mol. The standard InChI is InChI=1S/C24H29N5O2/c1-17-9-11-19(12-10-17)27-14-6-15-28-20-21(25-23(27)28)26(2)24(31)29(22(20)30)16-13-18-7-4-3-5-8-18/h3-5,7-12,20-21,23,25H,6,13-16H2,1-2H3. The van der Waals surface area contributed by atoms with Gasteiger partial charge in [-0.3, -0.25) is 19.9 Å². The Labute approximate surface area is 183 Å². The fraction of sp³-hybridized carbons (Fsp3) is 0.417. The Kier molecular flexibility index (Phi) is 5.16. The van der Waals surface area contributed by atoms with Crippen LogP contribution < -0.4 is 10.2 Å². The number of urea groups is 1. The van der Waals surface area contributed by atoms with Crippen LogP contribution >= 0.6 is 0 Å². The number of nitrogens with zero attached hydrogens (tertiary/aromatic N) is 4. The van der Waals surface area contributed by atoms with E-state index in [1.807, 2.05) is 30.3 Å². The van der Waals surface area contributed by atoms with Gasteiger partial charge in [-0.15, -0.1) is 0 Å². The molecule has 3 aliphatic heterocycles. The molecule has 3 aliphatic rings. The summed E-state index contributed by atoms with van der Waals surface area (Å²) in [5.41, 5.74) is 3.48. The minimum absolute atomic E-state index is 0.0928. The van der Waals surface area contributed by atoms with Gasteiger partial charge >= 0.3 is 6.03 Å². The predicted octanol–water partition coefficient (Wildman–Crippen LogP) is 2.23. The van der Waals surface area contributed by atoms with Crippen LogP contribution in [0.2, 0.25) is 0 Å². The quantitative estimate of drug-likeness (QED) is 0.824. The number of hydrogen-bond donors (Lipinski definition) is 1. The third kappa shape index (κ3) is 3.47. The van der Waals surface area contributed by atoms with Gasteiger partial charge in [-0.25, -0.2) is 4.79 Å². The normalized spacial score (nSPS) is 26.3. The first kappa shape index (κ1) is 20.0. The minimum atomic E-state index is -0.364. The predicted molar refractivity (Wildman–Crippen MR) is 119 cm³/mol. The number of amides is 3. The summed E-state index contributed by atoms with van der Waals surface area (Å²) in [5.74, 6) is -0.0928. The number of hydrogen-bond acceptors (Lipinski definition) is 5. The molecule has 0 aromatic heterocycles. The molecule has 3 fully saturated rings. The monoisotopic (exact) mass is 419 g/mol. The lowest BCUT2D eigenvalue weighted by Gasteiger charge is -2.44. The Hall–Kier alpha value is -2.90. The molecule has 7 nitrogen and oxygen atoms in total. The fourth-order valence-corrected chi connectivity index (χ4v) is 5.01. The Morgan fingerprint density at radius 3 is 2.48 bits per heavy atom. The summed E-state index contributed by atoms with van der Waals surface area (Å²) in [4.78, 5) is 34.2. The smallest absolute Gasteiger partial charge is 0.327 e. The van der Waals surface area contributed by atoms with Gasteiger partial charge in [0.05, 0.1) is 0 Å². The first-order valence-electron chi connectivity index (χ1n) is 11.0. The summed E-state index contributed by atoms with van der Waals surface area (Å²) in [5, 5.41) is 3.57. The molecule has 1 N–H and O–H groups in total. The average Bonchev–Trinajstić information content (AvgIpc) is 3.19. The van der Waals surface area contributed by atoms with Crippen LogP contribution in [0.3, 0.4) is 0 Å². The van der Waals surface area contributed by atoms with E-state index in [2.05, 4.69) is 46.3 Å². The van der Waals surface area contributed by atoms with Crippen molar-refractivity contribution in [2.75, 3.05) is 31.6 Å². The van der Waals surface area contributed by atoms with Gasteiger partial charge in [0.15, 0.2) is 0 Å². The first-order chi connectivity index (χ1) is 15.0. The highest BCUT2D eigenvalue weighted by Gasteiger charge is 2.55. The SMILES string of the molecule is Cc1ccc(N2CCCN3C4C(=O)N(CCc5ccccc5)C(=O)N(C)C4NC23)cc1. The van der Waals surface area contributed by atoms with Crippen molar-refractivity contribution in [2.45, 2.75) is 38.3 Å². The van der Waals surface area contributed by atoms with Gasteiger partial charge in [-0.1, -0.05) is 48.0 Å². The molecule has 0 radical (unpaired) electrons. The minimum Gasteiger partial charge on any atom is -0.343 e. The highest BCUT2D eigenvalue weighted by atomic mass is 16.2. The Balaban J connectivity index is 1.38. The van der Waals surface area contributed by atoms with Crippen LogP contribution in [-0.2, 0) is 11.2 Å². The average molecular weight is 420 g/mol. The van der Waals surface area contributed by atoms with Gasteiger partial charge in [0.1, 0.15) is 18.5 Å². The molecule has 7 heteroatoms. The lowest BCUT2D eigenvalue weighted by molar-refractivity contribution is -0.138. The van der Waals surface area contributed by atoms with Crippen LogP contribution in [0.5, 0.6) is 0 Å². The van der Waals surface area contributed by atoms with Crippen molar-refractivity contribution in [3.63, 3.8) is 0 Å². The fourth-order valence-electron chi connectivity index (χ4n) is 5.01. The summed E-state index contributed by atoms with van der Waals surface area (Å²) < 4.78 is 0. The number of fused-ring (bicyclic) bond motifs is 3. The maximum Gasteiger partial charge on any atom is 0.327 e. The van der Waals surface area contributed by atoms with Gasteiger partial charge in [0.2, 0.25) is 0 Å². The van der Waals surface area contributed by atoms with Crippen molar-refractivity contribution in [1.29, 1.82) is 0 Å². The number of likely N-dealkylation sites (N-methyl/N-ethyl adjacent to an activating group) is 1. The van der Waals surface area contributed by atoms with Crippen molar-refractivity contribution in [3.8, 4) is 0 Å². The summed E-state index contributed by atoms with van der Waals surface area (Å²) >= 11 is 0. The van der Waals surface area contributed by atoms with Crippen LogP contribution in [-0.4, -0.2) is 71.8 Å². The van der Waals surface area contributed by atoms with E-state index in [-0.39, 0.29) is 30.4 Å². The van der Waals surface area contributed by atoms with Crippen LogP contribution in [0.1, 0.15) is 17.5 Å². The van der Waals surface area contributed by atoms with Crippen LogP contribution in [0.4, 0.5) is 10.5 Å². The van der Waals surface area contributed by atoms with E-state index in [1.165, 1.54) is 10.5 Å². The number of imide groups is 1. The van der Waals surface area contributed by atoms with Crippen molar-refractivity contribution in [1.82, 2.24) is 20.0 Å². The number of carbonyl (C=O) groups excluding carboxylic acids is 2. The van der Waals surface area contributed by atoms with Crippen molar-refractivity contribution >= 4 is 17.6 Å². The zero-order chi connectivity index (χ0) is 21.5. The second kappa shape index (κ2) is 7.98. The van der Waals surface area contributed by atoms with Crippen LogP contribution in [0.25, 0.3) is 0 Å². The maximum absolute atomic E-state index is 13.5. The van der Waals surface area contributed by atoms with E-state index in [9.17, 15) is 9.59 Å². The van der Waals surface area contributed by atoms with Crippen molar-refractivity contribution < 1.29 is 9.59 Å². The highest BCUT2D eigenvalue weighted by Crippen LogP contribution is 2.33. The number of benzene rings is 2. The highest BCUT2D eigenvalue weighted by molar-refractivity contribution is 6.00. The van der Waals surface area contributed by atoms with E-state index in [0.717, 1.165) is 30.8 Å². The molecule has 31 heavy (non-hydrogen) atoms. The third-order valence-corrected chi connectivity index (χ3v) is 6.70. The molecule has 3 saturated heterocycles. The number of anilines is 1. The van der Waals surface area contributed by atoms with Crippen LogP contribution in [0.15, 0.2) is 54.6 Å². The molecule has 162 valence electrons. The molecule has 0 spiro atoms. The van der Waals surface area contributed by atoms with Gasteiger partial charge < -0.3 is 9.80 Å². The second-order valence-corrected chi connectivity index (χ2v) is 8.67. The van der Waals surface area contributed by atoms with E-state index in [4.69, 9.17) is 0 Å². The third-order valence-electron chi connectivity index (χ3n) is 6.70. The molecule has 3 atom stereocenters. The topological polar surface area (TPSA) is 59.1 Å². The van der Waals surface area contributed by atoms with E-state index in [1.54, 1.807) is 11.9 Å². The number of nitrogens with one attached hydrogen (secondary N) is 1. The molecule has 0 bridgehead atoms. The zero-order valence-corrected chi connectivity index (χ0v) is 18.1. The van der Waals surface area contributed by atoms with E-state index < -0.39 is 0 Å². The van der Waals surface area contributed by atoms with Crippen LogP contribution in [0, 0.1) is 6.92 Å². The molecule has 3 amide bonds. The number of aryl methyl sites for hydroxylation is 1. The van der Waals surface area contributed by atoms with Gasteiger partial charge in [-0.05, 0) is 37.5 Å². The van der Waals surface area contributed by atoms with Crippen molar-refractivity contribution in [3.05, 3.63) is 65.7 Å². The Morgan fingerprint density at radius 2 is 1.74 bits per heavy atom. The van der Waals surface area contributed by atoms with E-state index >= 15 is 0 Å². The maximum atomic E-state index is 13.5. The summed E-state index contributed by atoms with van der Waals surface area (Å²) in [6.07, 6.45) is 1.23. The van der Waals surface area contributed by atoms with Gasteiger partial charge in [0.25, 0.3) is 5.91 Å². The molecule has 5 rings (SSSR count). The lowest BCUT2D eigenvalue weighted by atomic mass is 10.1. The lowest BCUT2D eigenvalue weighted by Crippen LogP contribution is -2.66. The molecule has 3 unspecified atom stereocenters. The summed E-state index contributed by atoms with van der Waals surface area (Å²) in [6, 6.07) is 17.9. The molecule has 0 aliphatic carbocycles. The molecule has 0 saturated carbocycles. The van der Waals surface area contributed by atoms with Gasteiger partial charge in [-0.2, -0.15) is 0 Å². The second-order valence-electron chi connectivity index (χ2n) is 8.67. The Morgan fingerprint density at radius 1 is 1.00 bits per heavy atom. The molecule has 2 aromatic carbocycles. The Bertz CT molecular complexity index is 964. The zero-order valence-electron chi connectivity index (χ0n) is 18.1. The van der Waals surface area contributed by atoms with Crippen molar-refractivity contribution in [2.24, 2.45) is 0 Å². The summed E-state index contributed by atoms with van der Waals surface area (Å²) in [7, 11) is 1.80. The number of rotatable bonds is 4. The molecule has 2 aromatic rings. The van der Waals surface area contributed by atoms with Gasteiger partial charge in [0, 0.05) is 32.4 Å².